The van der Waals surface area contributed by atoms with Gasteiger partial charge in [0.2, 0.25) is 11.8 Å². The molecule has 8 heteroatoms. The van der Waals surface area contributed by atoms with E-state index in [9.17, 15) is 14.4 Å². The Kier molecular flexibility index (Phi) is 4.76. The van der Waals surface area contributed by atoms with Crippen LogP contribution in [0.1, 0.15) is 23.2 Å². The van der Waals surface area contributed by atoms with Crippen molar-refractivity contribution in [3.63, 3.8) is 0 Å². The number of aromatic nitrogens is 2. The van der Waals surface area contributed by atoms with Crippen LogP contribution in [0.4, 0.5) is 5.69 Å². The summed E-state index contributed by atoms with van der Waals surface area (Å²) in [7, 11) is 0. The van der Waals surface area contributed by atoms with E-state index in [0.717, 1.165) is 17.5 Å². The molecule has 1 fully saturated rings. The molecule has 1 aliphatic rings. The van der Waals surface area contributed by atoms with Crippen molar-refractivity contribution in [2.45, 2.75) is 25.4 Å². The minimum atomic E-state index is -0.716. The molecular formula is C20H18N4O4. The van der Waals surface area contributed by atoms with E-state index < -0.39 is 11.7 Å². The van der Waals surface area contributed by atoms with Gasteiger partial charge in [-0.05, 0) is 43.2 Å². The van der Waals surface area contributed by atoms with Crippen molar-refractivity contribution >= 4 is 17.5 Å². The highest BCUT2D eigenvalue weighted by Gasteiger charge is 2.23. The molecule has 0 unspecified atom stereocenters. The largest absolute Gasteiger partial charge is 0.437 e. The topological polar surface area (TPSA) is 106 Å². The average Bonchev–Trinajstić information content (AvgIpc) is 3.44. The van der Waals surface area contributed by atoms with E-state index in [1.54, 1.807) is 48.5 Å². The molecule has 2 aromatic carbocycles. The Morgan fingerprint density at radius 3 is 2.64 bits per heavy atom. The third kappa shape index (κ3) is 4.17. The van der Waals surface area contributed by atoms with Gasteiger partial charge in [-0.15, -0.1) is 5.10 Å². The molecule has 1 aliphatic carbocycles. The van der Waals surface area contributed by atoms with E-state index in [4.69, 9.17) is 4.42 Å². The van der Waals surface area contributed by atoms with E-state index in [2.05, 4.69) is 15.7 Å². The molecule has 4 rings (SSSR count). The van der Waals surface area contributed by atoms with Gasteiger partial charge in [0.25, 0.3) is 5.91 Å². The van der Waals surface area contributed by atoms with Crippen LogP contribution in [0, 0.1) is 0 Å². The summed E-state index contributed by atoms with van der Waals surface area (Å²) in [5.41, 5.74) is 1.58. The van der Waals surface area contributed by atoms with Gasteiger partial charge in [-0.25, -0.2) is 4.79 Å². The lowest BCUT2D eigenvalue weighted by atomic mass is 10.2. The van der Waals surface area contributed by atoms with Crippen molar-refractivity contribution in [1.82, 2.24) is 15.1 Å². The summed E-state index contributed by atoms with van der Waals surface area (Å²) < 4.78 is 6.07. The number of nitrogens with one attached hydrogen (secondary N) is 2. The van der Waals surface area contributed by atoms with Crippen LogP contribution in [0.2, 0.25) is 0 Å². The molecule has 1 aromatic heterocycles. The summed E-state index contributed by atoms with van der Waals surface area (Å²) in [6.45, 7) is -0.298. The van der Waals surface area contributed by atoms with E-state index in [-0.39, 0.29) is 24.4 Å². The standard InChI is InChI=1S/C20H18N4O4/c25-17(12-24-20(27)28-19(23-24)13-5-2-1-3-6-13)21-16-8-4-7-14(11-16)18(26)22-15-9-10-15/h1-8,11,15H,9-10,12H2,(H,21,25)(H,22,26). The maximum atomic E-state index is 12.3. The SMILES string of the molecule is O=C(Cn1nc(-c2ccccc2)oc1=O)Nc1cccc(C(=O)NC2CC2)c1. The van der Waals surface area contributed by atoms with E-state index in [1.165, 1.54) is 0 Å². The van der Waals surface area contributed by atoms with Gasteiger partial charge in [-0.2, -0.15) is 4.68 Å². The van der Waals surface area contributed by atoms with Crippen LogP contribution in [-0.4, -0.2) is 27.6 Å². The van der Waals surface area contributed by atoms with E-state index >= 15 is 0 Å². The average molecular weight is 378 g/mol. The van der Waals surface area contributed by atoms with Crippen LogP contribution in [0.25, 0.3) is 11.5 Å². The number of anilines is 1. The molecule has 1 saturated carbocycles. The van der Waals surface area contributed by atoms with Gasteiger partial charge in [0, 0.05) is 22.9 Å². The highest BCUT2D eigenvalue weighted by molar-refractivity contribution is 5.97. The second-order valence-corrected chi connectivity index (χ2v) is 6.57. The second kappa shape index (κ2) is 7.51. The number of nitrogens with zero attached hydrogens (tertiary/aromatic N) is 2. The van der Waals surface area contributed by atoms with E-state index in [1.807, 2.05) is 6.07 Å². The molecule has 0 radical (unpaired) electrons. The first kappa shape index (κ1) is 17.7. The van der Waals surface area contributed by atoms with E-state index in [0.29, 0.717) is 16.8 Å². The van der Waals surface area contributed by atoms with Gasteiger partial charge in [0.05, 0.1) is 0 Å². The summed E-state index contributed by atoms with van der Waals surface area (Å²) in [6.07, 6.45) is 2.00. The third-order valence-corrected chi connectivity index (χ3v) is 4.24. The predicted molar refractivity (Wildman–Crippen MR) is 102 cm³/mol. The highest BCUT2D eigenvalue weighted by atomic mass is 16.4. The van der Waals surface area contributed by atoms with Crippen molar-refractivity contribution in [1.29, 1.82) is 0 Å². The zero-order valence-corrected chi connectivity index (χ0v) is 14.9. The van der Waals surface area contributed by atoms with Crippen LogP contribution in [-0.2, 0) is 11.3 Å². The molecule has 142 valence electrons. The number of hydrogen-bond donors (Lipinski definition) is 2. The van der Waals surface area contributed by atoms with Gasteiger partial charge >= 0.3 is 5.76 Å². The van der Waals surface area contributed by atoms with Crippen molar-refractivity contribution in [2.75, 3.05) is 5.32 Å². The maximum absolute atomic E-state index is 12.3. The number of carbonyl (C=O) groups excluding carboxylic acids is 2. The van der Waals surface area contributed by atoms with Crippen LogP contribution < -0.4 is 16.4 Å². The summed E-state index contributed by atoms with van der Waals surface area (Å²) >= 11 is 0. The van der Waals surface area contributed by atoms with Gasteiger partial charge in [0.15, 0.2) is 0 Å². The molecule has 0 atom stereocenters. The van der Waals surface area contributed by atoms with Gasteiger partial charge < -0.3 is 15.1 Å². The first-order valence-electron chi connectivity index (χ1n) is 8.92. The van der Waals surface area contributed by atoms with Crippen molar-refractivity contribution in [3.05, 3.63) is 70.7 Å². The summed E-state index contributed by atoms with van der Waals surface area (Å²) in [4.78, 5) is 36.4. The lowest BCUT2D eigenvalue weighted by Gasteiger charge is -2.07. The molecule has 0 bridgehead atoms. The van der Waals surface area contributed by atoms with Crippen molar-refractivity contribution in [2.24, 2.45) is 0 Å². The zero-order chi connectivity index (χ0) is 19.5. The van der Waals surface area contributed by atoms with Crippen LogP contribution in [0.15, 0.2) is 63.8 Å². The monoisotopic (exact) mass is 378 g/mol. The van der Waals surface area contributed by atoms with Crippen LogP contribution in [0.5, 0.6) is 0 Å². The normalized spacial score (nSPS) is 13.1. The quantitative estimate of drug-likeness (QED) is 0.683. The van der Waals surface area contributed by atoms with Gasteiger partial charge in [-0.3, -0.25) is 9.59 Å². The van der Waals surface area contributed by atoms with Crippen molar-refractivity contribution in [3.8, 4) is 11.5 Å². The fraction of sp³-hybridized carbons (Fsp3) is 0.200. The fourth-order valence-electron chi connectivity index (χ4n) is 2.67. The number of benzene rings is 2. The number of hydrogen-bond acceptors (Lipinski definition) is 5. The molecule has 1 heterocycles. The molecule has 2 N–H and O–H groups in total. The van der Waals surface area contributed by atoms with Crippen LogP contribution >= 0.6 is 0 Å². The third-order valence-electron chi connectivity index (χ3n) is 4.24. The Morgan fingerprint density at radius 2 is 1.89 bits per heavy atom. The maximum Gasteiger partial charge on any atom is 0.437 e. The molecule has 2 amide bonds. The van der Waals surface area contributed by atoms with Crippen molar-refractivity contribution < 1.29 is 14.0 Å². The first-order chi connectivity index (χ1) is 13.6. The Hall–Kier alpha value is -3.68. The Bertz CT molecular complexity index is 1070. The second-order valence-electron chi connectivity index (χ2n) is 6.57. The molecule has 0 aliphatic heterocycles. The highest BCUT2D eigenvalue weighted by Crippen LogP contribution is 2.20. The fourth-order valence-corrected chi connectivity index (χ4v) is 2.67. The first-order valence-corrected chi connectivity index (χ1v) is 8.92. The minimum absolute atomic E-state index is 0.150. The molecule has 28 heavy (non-hydrogen) atoms. The molecule has 3 aromatic rings. The Labute approximate surface area is 160 Å². The summed E-state index contributed by atoms with van der Waals surface area (Å²) in [5, 5.41) is 9.63. The number of carbonyl (C=O) groups is 2. The number of amides is 2. The minimum Gasteiger partial charge on any atom is -0.388 e. The smallest absolute Gasteiger partial charge is 0.388 e. The lowest BCUT2D eigenvalue weighted by Crippen LogP contribution is -2.27. The number of rotatable bonds is 6. The Morgan fingerprint density at radius 1 is 1.11 bits per heavy atom. The molecule has 8 nitrogen and oxygen atoms in total. The summed E-state index contributed by atoms with van der Waals surface area (Å²) in [5.74, 6) is -1.18. The Balaban J connectivity index is 1.43. The lowest BCUT2D eigenvalue weighted by molar-refractivity contribution is -0.117. The predicted octanol–water partition coefficient (Wildman–Crippen LogP) is 2.03. The van der Waals surface area contributed by atoms with Crippen LogP contribution in [0.3, 0.4) is 0 Å². The summed E-state index contributed by atoms with van der Waals surface area (Å²) in [6, 6.07) is 15.8. The van der Waals surface area contributed by atoms with Gasteiger partial charge in [-0.1, -0.05) is 24.3 Å². The molecule has 0 spiro atoms. The molecule has 0 saturated heterocycles. The van der Waals surface area contributed by atoms with Gasteiger partial charge in [0.1, 0.15) is 6.54 Å². The zero-order valence-electron chi connectivity index (χ0n) is 14.9. The molecular weight excluding hydrogens is 360 g/mol.